The normalized spacial score (nSPS) is 11.2. The SMILES string of the molecule is CC(C)n1ncc(-c2ccsc2)c(-c2ccsc2)c1=O. The summed E-state index contributed by atoms with van der Waals surface area (Å²) in [5.74, 6) is 0. The molecule has 0 N–H and O–H groups in total. The number of thiophene rings is 2. The second kappa shape index (κ2) is 5.34. The fourth-order valence-corrected chi connectivity index (χ4v) is 3.46. The molecule has 0 aromatic carbocycles. The van der Waals surface area contributed by atoms with Crippen LogP contribution in [0.25, 0.3) is 22.3 Å². The fraction of sp³-hybridized carbons (Fsp3) is 0.200. The minimum absolute atomic E-state index is 0.0258. The molecule has 0 aliphatic heterocycles. The van der Waals surface area contributed by atoms with Gasteiger partial charge in [-0.2, -0.15) is 27.8 Å². The Labute approximate surface area is 125 Å². The summed E-state index contributed by atoms with van der Waals surface area (Å²) in [5.41, 5.74) is 3.65. The molecule has 0 saturated heterocycles. The molecule has 20 heavy (non-hydrogen) atoms. The van der Waals surface area contributed by atoms with E-state index in [1.165, 1.54) is 0 Å². The van der Waals surface area contributed by atoms with E-state index in [2.05, 4.69) is 5.10 Å². The molecule has 3 aromatic rings. The largest absolute Gasteiger partial charge is 0.275 e. The lowest BCUT2D eigenvalue weighted by atomic mass is 10.0. The monoisotopic (exact) mass is 302 g/mol. The van der Waals surface area contributed by atoms with Gasteiger partial charge in [0, 0.05) is 5.56 Å². The third kappa shape index (κ3) is 2.23. The van der Waals surface area contributed by atoms with Crippen LogP contribution in [0.3, 0.4) is 0 Å². The Morgan fingerprint density at radius 2 is 1.75 bits per heavy atom. The lowest BCUT2D eigenvalue weighted by Gasteiger charge is -2.13. The summed E-state index contributed by atoms with van der Waals surface area (Å²) >= 11 is 3.22. The van der Waals surface area contributed by atoms with Gasteiger partial charge in [-0.3, -0.25) is 4.79 Å². The topological polar surface area (TPSA) is 34.9 Å². The van der Waals surface area contributed by atoms with Crippen LogP contribution in [0.4, 0.5) is 0 Å². The molecule has 0 fully saturated rings. The van der Waals surface area contributed by atoms with E-state index in [1.807, 2.05) is 47.5 Å². The van der Waals surface area contributed by atoms with E-state index >= 15 is 0 Å². The van der Waals surface area contributed by atoms with E-state index in [1.54, 1.807) is 33.6 Å². The summed E-state index contributed by atoms with van der Waals surface area (Å²) in [6.07, 6.45) is 1.80. The molecule has 0 amide bonds. The molecule has 3 nitrogen and oxygen atoms in total. The standard InChI is InChI=1S/C15H14N2OS2/c1-10(2)17-15(18)14(12-4-6-20-9-12)13(7-16-17)11-3-5-19-8-11/h3-10H,1-2H3. The minimum Gasteiger partial charge on any atom is -0.267 e. The Morgan fingerprint density at radius 3 is 2.30 bits per heavy atom. The highest BCUT2D eigenvalue weighted by atomic mass is 32.1. The van der Waals surface area contributed by atoms with Gasteiger partial charge in [0.1, 0.15) is 0 Å². The average Bonchev–Trinajstić information content (AvgIpc) is 3.11. The molecule has 0 aliphatic rings. The van der Waals surface area contributed by atoms with E-state index in [0.29, 0.717) is 0 Å². The fourth-order valence-electron chi connectivity index (χ4n) is 2.16. The summed E-state index contributed by atoms with van der Waals surface area (Å²) in [6, 6.07) is 4.06. The van der Waals surface area contributed by atoms with Crippen molar-refractivity contribution in [3.8, 4) is 22.3 Å². The summed E-state index contributed by atoms with van der Waals surface area (Å²) in [6.45, 7) is 3.94. The van der Waals surface area contributed by atoms with Crippen LogP contribution in [0, 0.1) is 0 Å². The molecule has 3 rings (SSSR count). The minimum atomic E-state index is -0.0258. The van der Waals surface area contributed by atoms with Gasteiger partial charge in [0.05, 0.1) is 17.8 Å². The van der Waals surface area contributed by atoms with Crippen molar-refractivity contribution in [1.29, 1.82) is 0 Å². The molecule has 102 valence electrons. The van der Waals surface area contributed by atoms with Gasteiger partial charge in [0.25, 0.3) is 5.56 Å². The molecular weight excluding hydrogens is 288 g/mol. The van der Waals surface area contributed by atoms with Crippen molar-refractivity contribution in [1.82, 2.24) is 9.78 Å². The molecule has 0 aliphatic carbocycles. The van der Waals surface area contributed by atoms with Gasteiger partial charge in [0.15, 0.2) is 0 Å². The van der Waals surface area contributed by atoms with Gasteiger partial charge in [-0.05, 0) is 58.6 Å². The number of nitrogens with zero attached hydrogens (tertiary/aromatic N) is 2. The van der Waals surface area contributed by atoms with Crippen LogP contribution in [-0.2, 0) is 0 Å². The molecule has 0 atom stereocenters. The lowest BCUT2D eigenvalue weighted by molar-refractivity contribution is 0.504. The zero-order valence-electron chi connectivity index (χ0n) is 11.2. The highest BCUT2D eigenvalue weighted by Gasteiger charge is 2.16. The molecule has 0 saturated carbocycles. The highest BCUT2D eigenvalue weighted by molar-refractivity contribution is 7.08. The Kier molecular flexibility index (Phi) is 3.54. The maximum absolute atomic E-state index is 12.7. The molecule has 0 spiro atoms. The van der Waals surface area contributed by atoms with Crippen LogP contribution < -0.4 is 5.56 Å². The van der Waals surface area contributed by atoms with Crippen LogP contribution >= 0.6 is 22.7 Å². The van der Waals surface area contributed by atoms with Gasteiger partial charge >= 0.3 is 0 Å². The van der Waals surface area contributed by atoms with Crippen LogP contribution in [-0.4, -0.2) is 9.78 Å². The molecule has 3 aromatic heterocycles. The third-order valence-corrected chi connectivity index (χ3v) is 4.50. The summed E-state index contributed by atoms with van der Waals surface area (Å²) in [5, 5.41) is 12.4. The van der Waals surface area contributed by atoms with Crippen LogP contribution in [0.5, 0.6) is 0 Å². The van der Waals surface area contributed by atoms with Gasteiger partial charge in [-0.25, -0.2) is 4.68 Å². The first-order valence-corrected chi connectivity index (χ1v) is 8.24. The first-order valence-electron chi connectivity index (χ1n) is 6.35. The second-order valence-corrected chi connectivity index (χ2v) is 6.36. The van der Waals surface area contributed by atoms with E-state index in [0.717, 1.165) is 22.3 Å². The van der Waals surface area contributed by atoms with Crippen molar-refractivity contribution in [2.75, 3.05) is 0 Å². The Balaban J connectivity index is 2.32. The van der Waals surface area contributed by atoms with Gasteiger partial charge in [-0.15, -0.1) is 0 Å². The number of hydrogen-bond donors (Lipinski definition) is 0. The predicted molar refractivity (Wildman–Crippen MR) is 85.5 cm³/mol. The zero-order valence-corrected chi connectivity index (χ0v) is 12.9. The number of hydrogen-bond acceptors (Lipinski definition) is 4. The van der Waals surface area contributed by atoms with Gasteiger partial charge in [-0.1, -0.05) is 0 Å². The Bertz CT molecular complexity index is 756. The Hall–Kier alpha value is -1.72. The smallest absolute Gasteiger partial charge is 0.267 e. The zero-order chi connectivity index (χ0) is 14.1. The summed E-state index contributed by atoms with van der Waals surface area (Å²) in [4.78, 5) is 12.7. The van der Waals surface area contributed by atoms with Crippen molar-refractivity contribution >= 4 is 22.7 Å². The van der Waals surface area contributed by atoms with Crippen LogP contribution in [0.15, 0.2) is 44.6 Å². The van der Waals surface area contributed by atoms with Gasteiger partial charge in [0.2, 0.25) is 0 Å². The second-order valence-electron chi connectivity index (χ2n) is 4.80. The molecule has 5 heteroatoms. The van der Waals surface area contributed by atoms with Crippen molar-refractivity contribution < 1.29 is 0 Å². The first kappa shape index (κ1) is 13.3. The number of rotatable bonds is 3. The predicted octanol–water partition coefficient (Wildman–Crippen LogP) is 4.28. The molecular formula is C15H14N2OS2. The number of aromatic nitrogens is 2. The maximum atomic E-state index is 12.7. The highest BCUT2D eigenvalue weighted by Crippen LogP contribution is 2.31. The molecule has 3 heterocycles. The molecule has 0 bridgehead atoms. The average molecular weight is 302 g/mol. The van der Waals surface area contributed by atoms with Gasteiger partial charge < -0.3 is 0 Å². The summed E-state index contributed by atoms with van der Waals surface area (Å²) < 4.78 is 1.54. The third-order valence-electron chi connectivity index (χ3n) is 3.13. The Morgan fingerprint density at radius 1 is 1.10 bits per heavy atom. The van der Waals surface area contributed by atoms with Crippen LogP contribution in [0.2, 0.25) is 0 Å². The lowest BCUT2D eigenvalue weighted by Crippen LogP contribution is -2.26. The quantitative estimate of drug-likeness (QED) is 0.723. The van der Waals surface area contributed by atoms with E-state index in [4.69, 9.17) is 0 Å². The van der Waals surface area contributed by atoms with Crippen molar-refractivity contribution in [3.63, 3.8) is 0 Å². The van der Waals surface area contributed by atoms with E-state index in [-0.39, 0.29) is 11.6 Å². The molecule has 0 unspecified atom stereocenters. The van der Waals surface area contributed by atoms with E-state index < -0.39 is 0 Å². The summed E-state index contributed by atoms with van der Waals surface area (Å²) in [7, 11) is 0. The molecule has 0 radical (unpaired) electrons. The van der Waals surface area contributed by atoms with Crippen molar-refractivity contribution in [2.24, 2.45) is 0 Å². The van der Waals surface area contributed by atoms with Crippen molar-refractivity contribution in [2.45, 2.75) is 19.9 Å². The van der Waals surface area contributed by atoms with Crippen LogP contribution in [0.1, 0.15) is 19.9 Å². The van der Waals surface area contributed by atoms with Crippen molar-refractivity contribution in [3.05, 3.63) is 50.2 Å². The van der Waals surface area contributed by atoms with E-state index in [9.17, 15) is 4.79 Å². The maximum Gasteiger partial charge on any atom is 0.275 e. The first-order chi connectivity index (χ1) is 9.68.